The van der Waals surface area contributed by atoms with Crippen LogP contribution in [0.15, 0.2) is 24.3 Å². The molecular formula is C26H37N3O6. The largest absolute Gasteiger partial charge is 0.494 e. The van der Waals surface area contributed by atoms with Gasteiger partial charge in [0.15, 0.2) is 0 Å². The van der Waals surface area contributed by atoms with E-state index in [1.165, 1.54) is 4.90 Å². The third-order valence-corrected chi connectivity index (χ3v) is 7.63. The van der Waals surface area contributed by atoms with Crippen LogP contribution in [-0.2, 0) is 19.1 Å². The summed E-state index contributed by atoms with van der Waals surface area (Å²) < 4.78 is 11.9. The van der Waals surface area contributed by atoms with Crippen LogP contribution in [0.25, 0.3) is 0 Å². The molecule has 2 bridgehead atoms. The van der Waals surface area contributed by atoms with Crippen molar-refractivity contribution in [3.8, 4) is 5.75 Å². The number of anilines is 1. The highest BCUT2D eigenvalue weighted by atomic mass is 16.5. The minimum absolute atomic E-state index is 0.254. The highest BCUT2D eigenvalue weighted by Crippen LogP contribution is 2.59. The summed E-state index contributed by atoms with van der Waals surface area (Å²) in [6, 6.07) is 5.72. The van der Waals surface area contributed by atoms with Crippen LogP contribution in [-0.4, -0.2) is 71.3 Å². The molecule has 35 heavy (non-hydrogen) atoms. The molecule has 3 fully saturated rings. The maximum Gasteiger partial charge on any atom is 0.245 e. The molecule has 3 amide bonds. The van der Waals surface area contributed by atoms with Crippen LogP contribution in [0, 0.1) is 11.8 Å². The number of aliphatic hydroxyl groups is 1. The second-order valence-corrected chi connectivity index (χ2v) is 9.64. The van der Waals surface area contributed by atoms with Crippen molar-refractivity contribution in [1.82, 2.24) is 10.2 Å². The standard InChI is InChI=1S/C26H37N3O6/c1-4-7-14-27-24(32)22-26-13-12-19(35-26)20(21(26)25(33)29(22)17(5-2)15-30)23(31)28-16-8-10-18(11-9-16)34-6-3/h8-11,17,19-22,30H,4-7,12-15H2,1-3H3,(H,27,32)(H,28,31)/t17-,19+,20-,21-,22?,26?/m0/s1. The molecule has 1 aromatic rings. The van der Waals surface area contributed by atoms with Gasteiger partial charge in [-0.3, -0.25) is 14.4 Å². The van der Waals surface area contributed by atoms with Crippen LogP contribution in [0.4, 0.5) is 5.69 Å². The summed E-state index contributed by atoms with van der Waals surface area (Å²) in [6.07, 6.45) is 2.97. The molecule has 192 valence electrons. The summed E-state index contributed by atoms with van der Waals surface area (Å²) in [5, 5.41) is 15.9. The molecule has 2 unspecified atom stereocenters. The maximum atomic E-state index is 13.8. The molecule has 0 aliphatic carbocycles. The van der Waals surface area contributed by atoms with Crippen molar-refractivity contribution in [2.75, 3.05) is 25.1 Å². The lowest BCUT2D eigenvalue weighted by Crippen LogP contribution is -2.58. The van der Waals surface area contributed by atoms with Gasteiger partial charge in [0.1, 0.15) is 17.4 Å². The second kappa shape index (κ2) is 10.5. The topological polar surface area (TPSA) is 117 Å². The Kier molecular flexibility index (Phi) is 7.66. The summed E-state index contributed by atoms with van der Waals surface area (Å²) in [5.41, 5.74) is -0.449. The first kappa shape index (κ1) is 25.4. The van der Waals surface area contributed by atoms with Gasteiger partial charge in [0.2, 0.25) is 17.7 Å². The highest BCUT2D eigenvalue weighted by Gasteiger charge is 2.74. The van der Waals surface area contributed by atoms with E-state index < -0.39 is 35.6 Å². The van der Waals surface area contributed by atoms with Gasteiger partial charge < -0.3 is 30.1 Å². The second-order valence-electron chi connectivity index (χ2n) is 9.64. The van der Waals surface area contributed by atoms with Crippen molar-refractivity contribution < 1.29 is 29.0 Å². The number of nitrogens with zero attached hydrogens (tertiary/aromatic N) is 1. The Bertz CT molecular complexity index is 934. The van der Waals surface area contributed by atoms with Gasteiger partial charge in [-0.1, -0.05) is 20.3 Å². The lowest BCUT2D eigenvalue weighted by atomic mass is 9.70. The molecule has 3 saturated heterocycles. The van der Waals surface area contributed by atoms with Gasteiger partial charge in [0.05, 0.1) is 37.2 Å². The van der Waals surface area contributed by atoms with Gasteiger partial charge in [-0.25, -0.2) is 0 Å². The van der Waals surface area contributed by atoms with Crippen molar-refractivity contribution >= 4 is 23.4 Å². The number of unbranched alkanes of at least 4 members (excludes halogenated alkanes) is 1. The van der Waals surface area contributed by atoms with Crippen LogP contribution in [0.1, 0.15) is 52.9 Å². The number of carbonyl (C=O) groups is 3. The Hall–Kier alpha value is -2.65. The first-order valence-electron chi connectivity index (χ1n) is 12.8. The Morgan fingerprint density at radius 2 is 1.97 bits per heavy atom. The minimum Gasteiger partial charge on any atom is -0.494 e. The maximum absolute atomic E-state index is 13.8. The first-order valence-corrected chi connectivity index (χ1v) is 12.8. The van der Waals surface area contributed by atoms with Crippen molar-refractivity contribution in [2.45, 2.75) is 76.7 Å². The lowest BCUT2D eigenvalue weighted by Gasteiger charge is -2.36. The van der Waals surface area contributed by atoms with Gasteiger partial charge in [-0.05, 0) is 56.9 Å². The Balaban J connectivity index is 1.61. The van der Waals surface area contributed by atoms with Crippen molar-refractivity contribution in [1.29, 1.82) is 0 Å². The number of carbonyl (C=O) groups excluding carboxylic acids is 3. The molecule has 9 nitrogen and oxygen atoms in total. The molecule has 9 heteroatoms. The molecule has 0 radical (unpaired) electrons. The number of rotatable bonds is 11. The van der Waals surface area contributed by atoms with E-state index in [0.29, 0.717) is 43.9 Å². The summed E-state index contributed by atoms with van der Waals surface area (Å²) >= 11 is 0. The molecule has 3 aliphatic heterocycles. The Morgan fingerprint density at radius 3 is 2.60 bits per heavy atom. The van der Waals surface area contributed by atoms with E-state index in [4.69, 9.17) is 9.47 Å². The predicted octanol–water partition coefficient (Wildman–Crippen LogP) is 2.09. The number of nitrogens with one attached hydrogen (secondary N) is 2. The van der Waals surface area contributed by atoms with E-state index in [2.05, 4.69) is 10.6 Å². The molecule has 1 spiro atoms. The number of amides is 3. The normalized spacial score (nSPS) is 29.7. The molecule has 3 heterocycles. The summed E-state index contributed by atoms with van der Waals surface area (Å²) in [6.45, 7) is 6.63. The number of ether oxygens (including phenoxy) is 2. The molecule has 6 atom stereocenters. The quantitative estimate of drug-likeness (QED) is 0.412. The average molecular weight is 488 g/mol. The van der Waals surface area contributed by atoms with Gasteiger partial charge in [0, 0.05) is 12.2 Å². The molecular weight excluding hydrogens is 450 g/mol. The third kappa shape index (κ3) is 4.40. The molecule has 3 aliphatic rings. The van der Waals surface area contributed by atoms with E-state index in [1.807, 2.05) is 20.8 Å². The lowest BCUT2D eigenvalue weighted by molar-refractivity contribution is -0.145. The summed E-state index contributed by atoms with van der Waals surface area (Å²) in [5.74, 6) is -1.59. The molecule has 4 rings (SSSR count). The van der Waals surface area contributed by atoms with E-state index >= 15 is 0 Å². The smallest absolute Gasteiger partial charge is 0.245 e. The SMILES string of the molecule is CCCCNC(=O)C1N([C@@H](CC)CO)C(=O)[C@@H]2[C@@H](C(=O)Nc3ccc(OCC)cc3)[C@H]3CCC12O3. The van der Waals surface area contributed by atoms with Gasteiger partial charge >= 0.3 is 0 Å². The van der Waals surface area contributed by atoms with E-state index in [0.717, 1.165) is 12.8 Å². The monoisotopic (exact) mass is 487 g/mol. The Morgan fingerprint density at radius 1 is 1.23 bits per heavy atom. The fraction of sp³-hybridized carbons (Fsp3) is 0.654. The van der Waals surface area contributed by atoms with Crippen molar-refractivity contribution in [3.63, 3.8) is 0 Å². The number of fused-ring (bicyclic) bond motifs is 1. The van der Waals surface area contributed by atoms with Crippen LogP contribution in [0.2, 0.25) is 0 Å². The fourth-order valence-electron chi connectivity index (χ4n) is 6.01. The van der Waals surface area contributed by atoms with Gasteiger partial charge in [-0.15, -0.1) is 0 Å². The third-order valence-electron chi connectivity index (χ3n) is 7.63. The number of hydrogen-bond acceptors (Lipinski definition) is 6. The summed E-state index contributed by atoms with van der Waals surface area (Å²) in [4.78, 5) is 42.2. The molecule has 0 saturated carbocycles. The summed E-state index contributed by atoms with van der Waals surface area (Å²) in [7, 11) is 0. The number of benzene rings is 1. The van der Waals surface area contributed by atoms with Crippen molar-refractivity contribution in [3.05, 3.63) is 24.3 Å². The molecule has 3 N–H and O–H groups in total. The van der Waals surface area contributed by atoms with Crippen LogP contribution in [0.5, 0.6) is 5.75 Å². The minimum atomic E-state index is -1.05. The zero-order valence-electron chi connectivity index (χ0n) is 20.8. The van der Waals surface area contributed by atoms with E-state index in [-0.39, 0.29) is 24.3 Å². The van der Waals surface area contributed by atoms with E-state index in [9.17, 15) is 19.5 Å². The van der Waals surface area contributed by atoms with Gasteiger partial charge in [-0.2, -0.15) is 0 Å². The zero-order valence-corrected chi connectivity index (χ0v) is 20.8. The number of hydrogen-bond donors (Lipinski definition) is 3. The van der Waals surface area contributed by atoms with Gasteiger partial charge in [0.25, 0.3) is 0 Å². The fourth-order valence-corrected chi connectivity index (χ4v) is 6.01. The average Bonchev–Trinajstić information content (AvgIpc) is 3.49. The molecule has 1 aromatic carbocycles. The van der Waals surface area contributed by atoms with Crippen molar-refractivity contribution in [2.24, 2.45) is 11.8 Å². The molecule has 0 aromatic heterocycles. The predicted molar refractivity (Wildman–Crippen MR) is 130 cm³/mol. The highest BCUT2D eigenvalue weighted by molar-refractivity contribution is 6.02. The Labute approximate surface area is 206 Å². The first-order chi connectivity index (χ1) is 16.9. The van der Waals surface area contributed by atoms with Crippen LogP contribution >= 0.6 is 0 Å². The zero-order chi connectivity index (χ0) is 25.2. The van der Waals surface area contributed by atoms with Crippen LogP contribution < -0.4 is 15.4 Å². The number of aliphatic hydroxyl groups excluding tert-OH is 1. The van der Waals surface area contributed by atoms with E-state index in [1.54, 1.807) is 24.3 Å². The number of likely N-dealkylation sites (tertiary alicyclic amines) is 1. The van der Waals surface area contributed by atoms with Crippen LogP contribution in [0.3, 0.4) is 0 Å².